The van der Waals surface area contributed by atoms with Gasteiger partial charge < -0.3 is 29.0 Å². The molecule has 0 fully saturated rings. The zero-order valence-corrected chi connectivity index (χ0v) is 16.7. The van der Waals surface area contributed by atoms with Crippen LogP contribution in [0.4, 0.5) is 0 Å². The Bertz CT molecular complexity index is 808. The molecule has 0 atom stereocenters. The fraction of sp³-hybridized carbons (Fsp3) is 0.333. The third-order valence-electron chi connectivity index (χ3n) is 3.94. The maximum atomic E-state index is 12.0. The number of carbonyl (C=O) groups excluding carboxylic acids is 2. The molecule has 8 heteroatoms. The minimum absolute atomic E-state index is 0.0473. The lowest BCUT2D eigenvalue weighted by Gasteiger charge is -2.14. The minimum atomic E-state index is -0.514. The van der Waals surface area contributed by atoms with Crippen molar-refractivity contribution in [3.05, 3.63) is 48.0 Å². The lowest BCUT2D eigenvalue weighted by atomic mass is 10.1. The van der Waals surface area contributed by atoms with Gasteiger partial charge in [-0.15, -0.1) is 0 Å². The van der Waals surface area contributed by atoms with Crippen molar-refractivity contribution in [1.82, 2.24) is 5.32 Å². The third-order valence-corrected chi connectivity index (χ3v) is 3.94. The highest BCUT2D eigenvalue weighted by Crippen LogP contribution is 2.34. The van der Waals surface area contributed by atoms with Crippen LogP contribution in [0.3, 0.4) is 0 Å². The number of nitrogens with one attached hydrogen (secondary N) is 1. The van der Waals surface area contributed by atoms with Crippen LogP contribution in [0, 0.1) is 0 Å². The average Bonchev–Trinajstić information content (AvgIpc) is 2.76. The topological polar surface area (TPSA) is 92.3 Å². The number of ether oxygens (including phenoxy) is 5. The first kappa shape index (κ1) is 21.9. The van der Waals surface area contributed by atoms with E-state index in [4.69, 9.17) is 23.7 Å². The molecule has 0 saturated carbocycles. The van der Waals surface area contributed by atoms with E-state index >= 15 is 0 Å². The lowest BCUT2D eigenvalue weighted by Crippen LogP contribution is -2.28. The van der Waals surface area contributed by atoms with E-state index in [1.165, 1.54) is 21.3 Å². The van der Waals surface area contributed by atoms with Crippen molar-refractivity contribution in [2.75, 3.05) is 34.5 Å². The second-order valence-electron chi connectivity index (χ2n) is 5.87. The number of rotatable bonds is 11. The molecule has 29 heavy (non-hydrogen) atoms. The van der Waals surface area contributed by atoms with Gasteiger partial charge in [0.2, 0.25) is 0 Å². The first-order chi connectivity index (χ1) is 14.1. The standard InChI is InChI=1S/C21H25NO7/c1-25-17-12-19(27-3)18(26-2)11-15(17)13-22-20(23)14-29-21(24)9-10-28-16-7-5-4-6-8-16/h4-8,11-12H,9-10,13-14H2,1-3H3,(H,22,23). The van der Waals surface area contributed by atoms with E-state index in [2.05, 4.69) is 5.32 Å². The summed E-state index contributed by atoms with van der Waals surface area (Å²) in [6.45, 7) is -0.0237. The summed E-state index contributed by atoms with van der Waals surface area (Å²) >= 11 is 0. The Balaban J connectivity index is 1.76. The Morgan fingerprint density at radius 2 is 1.55 bits per heavy atom. The molecule has 0 aliphatic heterocycles. The van der Waals surface area contributed by atoms with E-state index in [1.807, 2.05) is 18.2 Å². The van der Waals surface area contributed by atoms with Gasteiger partial charge in [-0.25, -0.2) is 0 Å². The fourth-order valence-electron chi connectivity index (χ4n) is 2.46. The van der Waals surface area contributed by atoms with Crippen molar-refractivity contribution >= 4 is 11.9 Å². The van der Waals surface area contributed by atoms with Gasteiger partial charge >= 0.3 is 5.97 Å². The predicted octanol–water partition coefficient (Wildman–Crippen LogP) is 2.34. The lowest BCUT2D eigenvalue weighted by molar-refractivity contribution is -0.149. The molecule has 0 aliphatic rings. The van der Waals surface area contributed by atoms with Crippen LogP contribution in [0.2, 0.25) is 0 Å². The predicted molar refractivity (Wildman–Crippen MR) is 105 cm³/mol. The Hall–Kier alpha value is -3.42. The maximum Gasteiger partial charge on any atom is 0.309 e. The van der Waals surface area contributed by atoms with Crippen LogP contribution in [0.15, 0.2) is 42.5 Å². The van der Waals surface area contributed by atoms with Gasteiger partial charge in [-0.2, -0.15) is 0 Å². The number of benzene rings is 2. The van der Waals surface area contributed by atoms with Gasteiger partial charge in [0.25, 0.3) is 5.91 Å². The summed E-state index contributed by atoms with van der Waals surface area (Å²) in [5, 5.41) is 2.68. The van der Waals surface area contributed by atoms with Crippen molar-refractivity contribution in [1.29, 1.82) is 0 Å². The molecule has 0 spiro atoms. The van der Waals surface area contributed by atoms with Crippen molar-refractivity contribution in [3.63, 3.8) is 0 Å². The third kappa shape index (κ3) is 6.91. The van der Waals surface area contributed by atoms with Gasteiger partial charge in [-0.05, 0) is 18.2 Å². The number of esters is 1. The van der Waals surface area contributed by atoms with E-state index in [9.17, 15) is 9.59 Å². The maximum absolute atomic E-state index is 12.0. The van der Waals surface area contributed by atoms with Crippen molar-refractivity contribution in [2.45, 2.75) is 13.0 Å². The van der Waals surface area contributed by atoms with Crippen LogP contribution in [-0.2, 0) is 20.9 Å². The van der Waals surface area contributed by atoms with Crippen molar-refractivity contribution in [3.8, 4) is 23.0 Å². The first-order valence-electron chi connectivity index (χ1n) is 8.96. The van der Waals surface area contributed by atoms with Crippen LogP contribution in [0.1, 0.15) is 12.0 Å². The van der Waals surface area contributed by atoms with Crippen LogP contribution in [-0.4, -0.2) is 46.4 Å². The van der Waals surface area contributed by atoms with Crippen LogP contribution >= 0.6 is 0 Å². The van der Waals surface area contributed by atoms with E-state index in [-0.39, 0.29) is 26.2 Å². The van der Waals surface area contributed by atoms with Gasteiger partial charge in [0.1, 0.15) is 11.5 Å². The quantitative estimate of drug-likeness (QED) is 0.576. The van der Waals surface area contributed by atoms with Crippen molar-refractivity contribution in [2.24, 2.45) is 0 Å². The fourth-order valence-corrected chi connectivity index (χ4v) is 2.46. The molecule has 2 aromatic carbocycles. The molecule has 8 nitrogen and oxygen atoms in total. The molecule has 1 N–H and O–H groups in total. The van der Waals surface area contributed by atoms with Crippen LogP contribution in [0.5, 0.6) is 23.0 Å². The molecule has 0 radical (unpaired) electrons. The molecule has 2 aromatic rings. The Kier molecular flexibility index (Phi) is 8.62. The number of carbonyl (C=O) groups is 2. The number of amides is 1. The monoisotopic (exact) mass is 403 g/mol. The highest BCUT2D eigenvalue weighted by Gasteiger charge is 2.13. The highest BCUT2D eigenvalue weighted by molar-refractivity contribution is 5.80. The Morgan fingerprint density at radius 3 is 2.21 bits per heavy atom. The zero-order valence-electron chi connectivity index (χ0n) is 16.7. The van der Waals surface area contributed by atoms with Gasteiger partial charge in [0, 0.05) is 18.2 Å². The van der Waals surface area contributed by atoms with Crippen LogP contribution < -0.4 is 24.3 Å². The average molecular weight is 403 g/mol. The highest BCUT2D eigenvalue weighted by atomic mass is 16.5. The number of hydrogen-bond acceptors (Lipinski definition) is 7. The number of para-hydroxylation sites is 1. The van der Waals surface area contributed by atoms with Gasteiger partial charge in [-0.3, -0.25) is 9.59 Å². The molecular formula is C21H25NO7. The van der Waals surface area contributed by atoms with Gasteiger partial charge in [0.05, 0.1) is 34.4 Å². The summed E-state index contributed by atoms with van der Waals surface area (Å²) in [5.74, 6) is 1.30. The minimum Gasteiger partial charge on any atom is -0.496 e. The molecule has 0 unspecified atom stereocenters. The first-order valence-corrected chi connectivity index (χ1v) is 8.96. The molecule has 0 saturated heterocycles. The zero-order chi connectivity index (χ0) is 21.1. The summed E-state index contributed by atoms with van der Waals surface area (Å²) < 4.78 is 26.2. The second kappa shape index (κ2) is 11.4. The molecule has 156 valence electrons. The second-order valence-corrected chi connectivity index (χ2v) is 5.87. The van der Waals surface area contributed by atoms with E-state index < -0.39 is 11.9 Å². The van der Waals surface area contributed by atoms with Crippen molar-refractivity contribution < 1.29 is 33.3 Å². The molecule has 0 aromatic heterocycles. The van der Waals surface area contributed by atoms with E-state index in [0.29, 0.717) is 28.6 Å². The Labute approximate surface area is 169 Å². The number of methoxy groups -OCH3 is 3. The summed E-state index contributed by atoms with van der Waals surface area (Å²) in [4.78, 5) is 23.7. The molecule has 0 heterocycles. The molecule has 0 bridgehead atoms. The summed E-state index contributed by atoms with van der Waals surface area (Å²) in [6.07, 6.45) is 0.0473. The molecule has 1 amide bonds. The molecule has 2 rings (SSSR count). The summed E-state index contributed by atoms with van der Waals surface area (Å²) in [7, 11) is 4.57. The van der Waals surface area contributed by atoms with Gasteiger partial charge in [-0.1, -0.05) is 18.2 Å². The smallest absolute Gasteiger partial charge is 0.309 e. The summed E-state index contributed by atoms with van der Waals surface area (Å²) in [6, 6.07) is 12.5. The Morgan fingerprint density at radius 1 is 0.897 bits per heavy atom. The van der Waals surface area contributed by atoms with Gasteiger partial charge in [0.15, 0.2) is 18.1 Å². The SMILES string of the molecule is COc1cc(OC)c(OC)cc1CNC(=O)COC(=O)CCOc1ccccc1. The molecular weight excluding hydrogens is 378 g/mol. The molecule has 0 aliphatic carbocycles. The van der Waals surface area contributed by atoms with Crippen LogP contribution in [0.25, 0.3) is 0 Å². The number of hydrogen-bond donors (Lipinski definition) is 1. The van der Waals surface area contributed by atoms with E-state index in [0.717, 1.165) is 0 Å². The largest absolute Gasteiger partial charge is 0.496 e. The summed E-state index contributed by atoms with van der Waals surface area (Å²) in [5.41, 5.74) is 0.695. The normalized spacial score (nSPS) is 10.0. The van der Waals surface area contributed by atoms with E-state index in [1.54, 1.807) is 24.3 Å².